The Kier molecular flexibility index (Phi) is 6.90. The number of hydrogen-bond donors (Lipinski definition) is 1. The van der Waals surface area contributed by atoms with Crippen LogP contribution in [0.15, 0.2) is 35.3 Å². The average molecular weight is 414 g/mol. The predicted molar refractivity (Wildman–Crippen MR) is 118 cm³/mol. The second-order valence-electron chi connectivity index (χ2n) is 8.56. The molecule has 0 bridgehead atoms. The molecule has 1 aliphatic carbocycles. The second-order valence-corrected chi connectivity index (χ2v) is 9.75. The highest BCUT2D eigenvalue weighted by atomic mass is 32.2. The molecule has 0 spiro atoms. The van der Waals surface area contributed by atoms with Gasteiger partial charge in [-0.15, -0.1) is 0 Å². The molecule has 2 fully saturated rings. The molecule has 6 heteroatoms. The van der Waals surface area contributed by atoms with Crippen molar-refractivity contribution in [2.24, 2.45) is 10.9 Å². The Morgan fingerprint density at radius 2 is 1.79 bits per heavy atom. The third kappa shape index (κ3) is 5.62. The third-order valence-corrected chi connectivity index (χ3v) is 7.45. The van der Waals surface area contributed by atoms with E-state index >= 15 is 0 Å². The minimum absolute atomic E-state index is 0.100. The monoisotopic (exact) mass is 413 g/mol. The first-order valence-electron chi connectivity index (χ1n) is 11.0. The van der Waals surface area contributed by atoms with Crippen molar-refractivity contribution in [2.75, 3.05) is 13.1 Å². The van der Waals surface area contributed by atoms with Crippen LogP contribution in [0.1, 0.15) is 56.9 Å². The first kappa shape index (κ1) is 20.5. The van der Waals surface area contributed by atoms with Crippen molar-refractivity contribution < 1.29 is 9.59 Å². The Balaban J connectivity index is 1.20. The molecule has 0 aromatic heterocycles. The van der Waals surface area contributed by atoms with Crippen molar-refractivity contribution in [3.8, 4) is 0 Å². The van der Waals surface area contributed by atoms with Gasteiger partial charge < -0.3 is 10.2 Å². The van der Waals surface area contributed by atoms with Gasteiger partial charge in [0, 0.05) is 25.6 Å². The van der Waals surface area contributed by atoms with Gasteiger partial charge in [-0.2, -0.15) is 4.99 Å². The summed E-state index contributed by atoms with van der Waals surface area (Å²) in [4.78, 5) is 31.2. The van der Waals surface area contributed by atoms with Gasteiger partial charge in [-0.1, -0.05) is 61.4 Å². The van der Waals surface area contributed by atoms with E-state index in [4.69, 9.17) is 0 Å². The lowest BCUT2D eigenvalue weighted by Gasteiger charge is -2.32. The summed E-state index contributed by atoms with van der Waals surface area (Å²) >= 11 is 1.45. The quantitative estimate of drug-likeness (QED) is 0.798. The summed E-state index contributed by atoms with van der Waals surface area (Å²) in [5, 5.41) is 3.80. The van der Waals surface area contributed by atoms with E-state index in [1.165, 1.54) is 36.6 Å². The zero-order valence-corrected chi connectivity index (χ0v) is 17.8. The van der Waals surface area contributed by atoms with Gasteiger partial charge in [0.25, 0.3) is 5.91 Å². The number of hydrogen-bond acceptors (Lipinski definition) is 4. The molecule has 4 rings (SSSR count). The van der Waals surface area contributed by atoms with Crippen molar-refractivity contribution >= 4 is 28.7 Å². The SMILES string of the molecule is O=C1N=C(NC2CCCCC2)SC1CC(=O)N1CCC(Cc2ccccc2)CC1. The molecule has 1 saturated carbocycles. The molecule has 2 amide bonds. The molecule has 1 atom stereocenters. The van der Waals surface area contributed by atoms with Crippen molar-refractivity contribution in [3.05, 3.63) is 35.9 Å². The lowest BCUT2D eigenvalue weighted by molar-refractivity contribution is -0.134. The van der Waals surface area contributed by atoms with Gasteiger partial charge in [0.15, 0.2) is 5.17 Å². The van der Waals surface area contributed by atoms with Crippen molar-refractivity contribution in [2.45, 2.75) is 69.1 Å². The second kappa shape index (κ2) is 9.79. The van der Waals surface area contributed by atoms with Crippen LogP contribution in [0.4, 0.5) is 0 Å². The highest BCUT2D eigenvalue weighted by molar-refractivity contribution is 8.15. The standard InChI is InChI=1S/C23H31N3O2S/c27-21(26-13-11-18(12-14-26)15-17-7-3-1-4-8-17)16-20-22(28)25-23(29-20)24-19-9-5-2-6-10-19/h1,3-4,7-8,18-20H,2,5-6,9-16H2,(H,24,25,28). The Labute approximate surface area is 177 Å². The van der Waals surface area contributed by atoms with Crippen LogP contribution in [0.25, 0.3) is 0 Å². The molecule has 29 heavy (non-hydrogen) atoms. The number of piperidine rings is 1. The van der Waals surface area contributed by atoms with E-state index in [0.29, 0.717) is 12.0 Å². The van der Waals surface area contributed by atoms with Crippen LogP contribution < -0.4 is 5.32 Å². The van der Waals surface area contributed by atoms with Gasteiger partial charge in [-0.25, -0.2) is 0 Å². The molecule has 156 valence electrons. The lowest BCUT2D eigenvalue weighted by atomic mass is 9.90. The highest BCUT2D eigenvalue weighted by Gasteiger charge is 2.33. The maximum absolute atomic E-state index is 12.8. The molecule has 1 aromatic carbocycles. The van der Waals surface area contributed by atoms with E-state index in [9.17, 15) is 9.59 Å². The van der Waals surface area contributed by atoms with Crippen molar-refractivity contribution in [3.63, 3.8) is 0 Å². The van der Waals surface area contributed by atoms with E-state index in [2.05, 4.69) is 34.6 Å². The van der Waals surface area contributed by atoms with Crippen LogP contribution in [0, 0.1) is 5.92 Å². The molecular weight excluding hydrogens is 382 g/mol. The summed E-state index contributed by atoms with van der Waals surface area (Å²) in [5.74, 6) is 0.585. The number of nitrogens with one attached hydrogen (secondary N) is 1. The third-order valence-electron chi connectivity index (χ3n) is 6.37. The molecule has 2 heterocycles. The van der Waals surface area contributed by atoms with Gasteiger partial charge in [0.1, 0.15) is 5.25 Å². The Hall–Kier alpha value is -1.82. The molecule has 2 aliphatic heterocycles. The van der Waals surface area contributed by atoms with Crippen LogP contribution in [0.3, 0.4) is 0 Å². The first-order valence-corrected chi connectivity index (χ1v) is 11.9. The number of likely N-dealkylation sites (tertiary alicyclic amines) is 1. The van der Waals surface area contributed by atoms with E-state index in [0.717, 1.165) is 50.4 Å². The maximum atomic E-state index is 12.8. The predicted octanol–water partition coefficient (Wildman–Crippen LogP) is 3.78. The molecule has 1 saturated heterocycles. The van der Waals surface area contributed by atoms with Gasteiger partial charge in [0.2, 0.25) is 5.91 Å². The molecule has 1 aromatic rings. The zero-order chi connectivity index (χ0) is 20.1. The minimum atomic E-state index is -0.351. The molecule has 1 N–H and O–H groups in total. The van der Waals surface area contributed by atoms with Crippen molar-refractivity contribution in [1.29, 1.82) is 0 Å². The van der Waals surface area contributed by atoms with Crippen LogP contribution in [-0.2, 0) is 16.0 Å². The van der Waals surface area contributed by atoms with E-state index in [-0.39, 0.29) is 23.5 Å². The summed E-state index contributed by atoms with van der Waals surface area (Å²) in [6, 6.07) is 11.0. The number of carbonyl (C=O) groups excluding carboxylic acids is 2. The lowest BCUT2D eigenvalue weighted by Crippen LogP contribution is -2.40. The van der Waals surface area contributed by atoms with E-state index in [1.54, 1.807) is 0 Å². The normalized spacial score (nSPS) is 23.9. The number of carbonyl (C=O) groups is 2. The number of rotatable bonds is 5. The Morgan fingerprint density at radius 3 is 2.52 bits per heavy atom. The topological polar surface area (TPSA) is 61.8 Å². The van der Waals surface area contributed by atoms with E-state index < -0.39 is 0 Å². The number of benzene rings is 1. The zero-order valence-electron chi connectivity index (χ0n) is 17.0. The summed E-state index contributed by atoms with van der Waals surface area (Å²) in [7, 11) is 0. The smallest absolute Gasteiger partial charge is 0.262 e. The fraction of sp³-hybridized carbons (Fsp3) is 0.609. The summed E-state index contributed by atoms with van der Waals surface area (Å²) in [5.41, 5.74) is 1.38. The number of amides is 2. The molecule has 3 aliphatic rings. The highest BCUT2D eigenvalue weighted by Crippen LogP contribution is 2.28. The first-order chi connectivity index (χ1) is 14.2. The number of amidine groups is 1. The Morgan fingerprint density at radius 1 is 1.07 bits per heavy atom. The van der Waals surface area contributed by atoms with Gasteiger partial charge in [0.05, 0.1) is 0 Å². The maximum Gasteiger partial charge on any atom is 0.262 e. The fourth-order valence-corrected chi connectivity index (χ4v) is 5.65. The minimum Gasteiger partial charge on any atom is -0.362 e. The summed E-state index contributed by atoms with van der Waals surface area (Å²) in [6.07, 6.45) is 9.52. The number of thioether (sulfide) groups is 1. The van der Waals surface area contributed by atoms with Crippen LogP contribution in [0.5, 0.6) is 0 Å². The number of aliphatic imine (C=N–C) groups is 1. The van der Waals surface area contributed by atoms with E-state index in [1.807, 2.05) is 11.0 Å². The fourth-order valence-electron chi connectivity index (χ4n) is 4.62. The van der Waals surface area contributed by atoms with Gasteiger partial charge >= 0.3 is 0 Å². The number of nitrogens with zero attached hydrogens (tertiary/aromatic N) is 2. The van der Waals surface area contributed by atoms with Gasteiger partial charge in [-0.05, 0) is 43.6 Å². The largest absolute Gasteiger partial charge is 0.362 e. The molecule has 5 nitrogen and oxygen atoms in total. The Bertz CT molecular complexity index is 738. The molecular formula is C23H31N3O2S. The van der Waals surface area contributed by atoms with Crippen molar-refractivity contribution in [1.82, 2.24) is 10.2 Å². The summed E-state index contributed by atoms with van der Waals surface area (Å²) < 4.78 is 0. The molecule has 0 radical (unpaired) electrons. The average Bonchev–Trinajstić information content (AvgIpc) is 3.08. The molecule has 1 unspecified atom stereocenters. The van der Waals surface area contributed by atoms with Crippen LogP contribution >= 0.6 is 11.8 Å². The summed E-state index contributed by atoms with van der Waals surface area (Å²) in [6.45, 7) is 1.60. The van der Waals surface area contributed by atoms with Crippen LogP contribution in [-0.4, -0.2) is 46.3 Å². The van der Waals surface area contributed by atoms with Gasteiger partial charge in [-0.3, -0.25) is 9.59 Å². The van der Waals surface area contributed by atoms with Crippen LogP contribution in [0.2, 0.25) is 0 Å².